The molecule has 0 aliphatic rings. The lowest BCUT2D eigenvalue weighted by atomic mass is 10.2. The van der Waals surface area contributed by atoms with Crippen LogP contribution in [0, 0.1) is 0 Å². The third-order valence-corrected chi connectivity index (χ3v) is 2.94. The van der Waals surface area contributed by atoms with Gasteiger partial charge in [-0.1, -0.05) is 11.6 Å². The largest absolute Gasteiger partial charge is 0.508 e. The molecular formula is C13H13ClN2O2. The van der Waals surface area contributed by atoms with Crippen molar-refractivity contribution < 1.29 is 9.90 Å². The zero-order chi connectivity index (χ0) is 13.3. The summed E-state index contributed by atoms with van der Waals surface area (Å²) in [6.07, 6.45) is 1.68. The minimum atomic E-state index is -0.157. The van der Waals surface area contributed by atoms with Crippen LogP contribution in [0.4, 0.5) is 5.69 Å². The van der Waals surface area contributed by atoms with E-state index in [1.807, 2.05) is 0 Å². The van der Waals surface area contributed by atoms with Gasteiger partial charge in [-0.3, -0.25) is 4.79 Å². The maximum absolute atomic E-state index is 12.2. The molecule has 1 heterocycles. The number of amides is 1. The molecule has 0 aliphatic carbocycles. The van der Waals surface area contributed by atoms with Gasteiger partial charge in [-0.05, 0) is 30.3 Å². The Balaban J connectivity index is 2.29. The van der Waals surface area contributed by atoms with Gasteiger partial charge in [0.1, 0.15) is 11.4 Å². The number of phenols is 1. The van der Waals surface area contributed by atoms with Gasteiger partial charge in [0.25, 0.3) is 5.91 Å². The molecule has 0 saturated carbocycles. The molecule has 1 aromatic carbocycles. The lowest BCUT2D eigenvalue weighted by molar-refractivity contribution is 0.0985. The van der Waals surface area contributed by atoms with E-state index >= 15 is 0 Å². The molecule has 1 N–H and O–H groups in total. The molecule has 4 nitrogen and oxygen atoms in total. The zero-order valence-electron chi connectivity index (χ0n) is 10.1. The summed E-state index contributed by atoms with van der Waals surface area (Å²) in [7, 11) is 3.44. The van der Waals surface area contributed by atoms with Gasteiger partial charge >= 0.3 is 0 Å². The van der Waals surface area contributed by atoms with Crippen LogP contribution in [0.3, 0.4) is 0 Å². The van der Waals surface area contributed by atoms with Crippen LogP contribution in [0.15, 0.2) is 36.5 Å². The van der Waals surface area contributed by atoms with Crippen molar-refractivity contribution in [2.24, 2.45) is 7.05 Å². The standard InChI is InChI=1S/C13H13ClN2O2/c1-15-8-9(14)7-12(15)13(18)16(2)10-3-5-11(17)6-4-10/h3-8,17H,1-2H3. The Morgan fingerprint density at radius 3 is 2.44 bits per heavy atom. The number of carbonyl (C=O) groups is 1. The van der Waals surface area contributed by atoms with Crippen molar-refractivity contribution in [1.29, 1.82) is 0 Å². The molecule has 0 spiro atoms. The molecule has 2 rings (SSSR count). The highest BCUT2D eigenvalue weighted by Crippen LogP contribution is 2.20. The van der Waals surface area contributed by atoms with Crippen molar-refractivity contribution in [3.63, 3.8) is 0 Å². The quantitative estimate of drug-likeness (QED) is 0.906. The van der Waals surface area contributed by atoms with E-state index < -0.39 is 0 Å². The van der Waals surface area contributed by atoms with E-state index in [9.17, 15) is 9.90 Å². The van der Waals surface area contributed by atoms with Gasteiger partial charge in [-0.15, -0.1) is 0 Å². The SMILES string of the molecule is CN(C(=O)c1cc(Cl)cn1C)c1ccc(O)cc1. The molecule has 1 aromatic heterocycles. The van der Waals surface area contributed by atoms with Crippen LogP contribution in [0.1, 0.15) is 10.5 Å². The molecule has 2 aromatic rings. The molecular weight excluding hydrogens is 252 g/mol. The first-order valence-electron chi connectivity index (χ1n) is 5.38. The van der Waals surface area contributed by atoms with E-state index in [-0.39, 0.29) is 11.7 Å². The Morgan fingerprint density at radius 2 is 1.94 bits per heavy atom. The van der Waals surface area contributed by atoms with Gasteiger partial charge in [0.2, 0.25) is 0 Å². The van der Waals surface area contributed by atoms with Gasteiger partial charge in [0.15, 0.2) is 0 Å². The fourth-order valence-corrected chi connectivity index (χ4v) is 1.95. The molecule has 0 bridgehead atoms. The van der Waals surface area contributed by atoms with Gasteiger partial charge < -0.3 is 14.6 Å². The summed E-state index contributed by atoms with van der Waals surface area (Å²) in [5.74, 6) is 0.0107. The predicted octanol–water partition coefficient (Wildman–Crippen LogP) is 2.66. The highest BCUT2D eigenvalue weighted by Gasteiger charge is 2.17. The zero-order valence-corrected chi connectivity index (χ0v) is 10.8. The maximum Gasteiger partial charge on any atom is 0.274 e. The molecule has 0 atom stereocenters. The second-order valence-electron chi connectivity index (χ2n) is 4.04. The molecule has 1 amide bonds. The molecule has 94 valence electrons. The third kappa shape index (κ3) is 2.33. The fourth-order valence-electron chi connectivity index (χ4n) is 1.70. The fraction of sp³-hybridized carbons (Fsp3) is 0.154. The molecule has 5 heteroatoms. The Hall–Kier alpha value is -1.94. The van der Waals surface area contributed by atoms with Crippen molar-refractivity contribution in [2.75, 3.05) is 11.9 Å². The number of benzene rings is 1. The van der Waals surface area contributed by atoms with Crippen molar-refractivity contribution in [2.45, 2.75) is 0 Å². The van der Waals surface area contributed by atoms with Crippen molar-refractivity contribution in [3.8, 4) is 5.75 Å². The normalized spacial score (nSPS) is 10.4. The summed E-state index contributed by atoms with van der Waals surface area (Å²) in [4.78, 5) is 13.8. The number of halogens is 1. The summed E-state index contributed by atoms with van der Waals surface area (Å²) in [6.45, 7) is 0. The predicted molar refractivity (Wildman–Crippen MR) is 71.3 cm³/mol. The third-order valence-electron chi connectivity index (χ3n) is 2.73. The number of carbonyl (C=O) groups excluding carboxylic acids is 1. The first-order valence-corrected chi connectivity index (χ1v) is 5.76. The molecule has 18 heavy (non-hydrogen) atoms. The van der Waals surface area contributed by atoms with Crippen molar-refractivity contribution in [3.05, 3.63) is 47.2 Å². The Morgan fingerprint density at radius 1 is 1.33 bits per heavy atom. The summed E-state index contributed by atoms with van der Waals surface area (Å²) >= 11 is 5.86. The van der Waals surface area contributed by atoms with E-state index in [1.165, 1.54) is 17.0 Å². The smallest absolute Gasteiger partial charge is 0.274 e. The maximum atomic E-state index is 12.2. The Bertz CT molecular complexity index is 575. The number of nitrogens with zero attached hydrogens (tertiary/aromatic N) is 2. The molecule has 0 unspecified atom stereocenters. The number of anilines is 1. The summed E-state index contributed by atoms with van der Waals surface area (Å²) in [6, 6.07) is 8.06. The Labute approximate surface area is 110 Å². The van der Waals surface area contributed by atoms with Gasteiger partial charge in [-0.25, -0.2) is 0 Å². The van der Waals surface area contributed by atoms with Crippen molar-refractivity contribution in [1.82, 2.24) is 4.57 Å². The highest BCUT2D eigenvalue weighted by atomic mass is 35.5. The molecule has 0 radical (unpaired) electrons. The molecule has 0 saturated heterocycles. The van der Waals surface area contributed by atoms with Gasteiger partial charge in [0.05, 0.1) is 5.02 Å². The van der Waals surface area contributed by atoms with E-state index in [4.69, 9.17) is 11.6 Å². The number of aromatic nitrogens is 1. The van der Waals surface area contributed by atoms with Crippen LogP contribution < -0.4 is 4.90 Å². The minimum Gasteiger partial charge on any atom is -0.508 e. The second kappa shape index (κ2) is 4.74. The topological polar surface area (TPSA) is 45.5 Å². The average Bonchev–Trinajstić information content (AvgIpc) is 2.67. The van der Waals surface area contributed by atoms with E-state index in [0.717, 1.165) is 0 Å². The van der Waals surface area contributed by atoms with E-state index in [0.29, 0.717) is 16.4 Å². The van der Waals surface area contributed by atoms with Crippen LogP contribution >= 0.6 is 11.6 Å². The van der Waals surface area contributed by atoms with E-state index in [2.05, 4.69) is 0 Å². The lowest BCUT2D eigenvalue weighted by Crippen LogP contribution is -2.27. The number of aromatic hydroxyl groups is 1. The first-order chi connectivity index (χ1) is 8.49. The number of phenolic OH excluding ortho intramolecular Hbond substituents is 1. The summed E-state index contributed by atoms with van der Waals surface area (Å²) in [5, 5.41) is 9.74. The van der Waals surface area contributed by atoms with Crippen LogP contribution in [0.25, 0.3) is 0 Å². The summed E-state index contributed by atoms with van der Waals surface area (Å²) in [5.41, 5.74) is 1.21. The molecule has 0 aliphatic heterocycles. The second-order valence-corrected chi connectivity index (χ2v) is 4.47. The highest BCUT2D eigenvalue weighted by molar-refractivity contribution is 6.31. The summed E-state index contributed by atoms with van der Waals surface area (Å²) < 4.78 is 1.68. The van der Waals surface area contributed by atoms with Gasteiger partial charge in [0, 0.05) is 26.0 Å². The minimum absolute atomic E-state index is 0.157. The average molecular weight is 265 g/mol. The number of rotatable bonds is 2. The number of aryl methyl sites for hydroxylation is 1. The first kappa shape index (κ1) is 12.5. The Kier molecular flexibility index (Phi) is 3.30. The monoisotopic (exact) mass is 264 g/mol. The van der Waals surface area contributed by atoms with Crippen LogP contribution in [-0.2, 0) is 7.05 Å². The van der Waals surface area contributed by atoms with Crippen molar-refractivity contribution >= 4 is 23.2 Å². The van der Waals surface area contributed by atoms with Gasteiger partial charge in [-0.2, -0.15) is 0 Å². The van der Waals surface area contributed by atoms with Crippen LogP contribution in [-0.4, -0.2) is 22.6 Å². The van der Waals surface area contributed by atoms with Crippen LogP contribution in [0.5, 0.6) is 5.75 Å². The molecule has 0 fully saturated rings. The number of hydrogen-bond donors (Lipinski definition) is 1. The lowest BCUT2D eigenvalue weighted by Gasteiger charge is -2.17. The number of hydrogen-bond acceptors (Lipinski definition) is 2. The van der Waals surface area contributed by atoms with E-state index in [1.54, 1.807) is 43.1 Å². The van der Waals surface area contributed by atoms with Crippen LogP contribution in [0.2, 0.25) is 5.02 Å².